The van der Waals surface area contributed by atoms with Crippen LogP contribution >= 0.6 is 0 Å². The van der Waals surface area contributed by atoms with Crippen LogP contribution < -0.4 is 5.73 Å². The fourth-order valence-electron chi connectivity index (χ4n) is 2.86. The van der Waals surface area contributed by atoms with Crippen molar-refractivity contribution in [1.29, 1.82) is 0 Å². The molecule has 0 amide bonds. The molecule has 0 bridgehead atoms. The number of aromatic nitrogens is 1. The number of nitrogens with two attached hydrogens (primary N) is 1. The Kier molecular flexibility index (Phi) is 3.19. The summed E-state index contributed by atoms with van der Waals surface area (Å²) in [6.45, 7) is 6.49. The van der Waals surface area contributed by atoms with Gasteiger partial charge in [0, 0.05) is 12.6 Å². The third kappa shape index (κ3) is 2.45. The number of para-hydroxylation sites is 1. The molecule has 102 valence electrons. The van der Waals surface area contributed by atoms with Crippen molar-refractivity contribution in [3.05, 3.63) is 24.1 Å². The SMILES string of the molecule is CC1CCC(C)N(Cc2nc3c(N)cccc3o2)C1. The van der Waals surface area contributed by atoms with E-state index in [0.29, 0.717) is 11.7 Å². The summed E-state index contributed by atoms with van der Waals surface area (Å²) in [5.74, 6) is 1.53. The van der Waals surface area contributed by atoms with Crippen LogP contribution in [0.1, 0.15) is 32.6 Å². The molecule has 0 aliphatic carbocycles. The molecule has 4 heteroatoms. The fourth-order valence-corrected chi connectivity index (χ4v) is 2.86. The Labute approximate surface area is 113 Å². The van der Waals surface area contributed by atoms with Crippen molar-refractivity contribution in [1.82, 2.24) is 9.88 Å². The van der Waals surface area contributed by atoms with Crippen LogP contribution in [-0.2, 0) is 6.54 Å². The third-order valence-electron chi connectivity index (χ3n) is 4.08. The molecule has 19 heavy (non-hydrogen) atoms. The van der Waals surface area contributed by atoms with Gasteiger partial charge in [-0.3, -0.25) is 4.90 Å². The Hall–Kier alpha value is -1.55. The predicted octanol–water partition coefficient (Wildman–Crippen LogP) is 3.03. The number of oxazole rings is 1. The van der Waals surface area contributed by atoms with Crippen molar-refractivity contribution >= 4 is 16.8 Å². The second kappa shape index (κ2) is 4.85. The van der Waals surface area contributed by atoms with E-state index in [0.717, 1.165) is 36.0 Å². The number of hydrogen-bond donors (Lipinski definition) is 1. The Morgan fingerprint density at radius 1 is 1.37 bits per heavy atom. The van der Waals surface area contributed by atoms with Gasteiger partial charge in [-0.25, -0.2) is 4.98 Å². The van der Waals surface area contributed by atoms with Crippen molar-refractivity contribution in [3.8, 4) is 0 Å². The van der Waals surface area contributed by atoms with Crippen LogP contribution in [0.5, 0.6) is 0 Å². The van der Waals surface area contributed by atoms with Crippen LogP contribution in [0.4, 0.5) is 5.69 Å². The smallest absolute Gasteiger partial charge is 0.209 e. The molecule has 1 aliphatic rings. The summed E-state index contributed by atoms with van der Waals surface area (Å²) in [7, 11) is 0. The summed E-state index contributed by atoms with van der Waals surface area (Å²) in [6, 6.07) is 6.28. The molecule has 2 unspecified atom stereocenters. The molecule has 0 radical (unpaired) electrons. The lowest BCUT2D eigenvalue weighted by atomic mass is 9.95. The topological polar surface area (TPSA) is 55.3 Å². The molecule has 1 aromatic heterocycles. The standard InChI is InChI=1S/C15H21N3O/c1-10-6-7-11(2)18(8-10)9-14-17-15-12(16)4-3-5-13(15)19-14/h3-5,10-11H,6-9,16H2,1-2H3. The highest BCUT2D eigenvalue weighted by molar-refractivity contribution is 5.85. The molecule has 2 atom stereocenters. The summed E-state index contributed by atoms with van der Waals surface area (Å²) < 4.78 is 5.80. The monoisotopic (exact) mass is 259 g/mol. The lowest BCUT2D eigenvalue weighted by Gasteiger charge is -2.35. The quantitative estimate of drug-likeness (QED) is 0.842. The van der Waals surface area contributed by atoms with Gasteiger partial charge in [0.2, 0.25) is 5.89 Å². The maximum Gasteiger partial charge on any atom is 0.209 e. The predicted molar refractivity (Wildman–Crippen MR) is 76.7 cm³/mol. The molecular weight excluding hydrogens is 238 g/mol. The molecule has 1 aliphatic heterocycles. The van der Waals surface area contributed by atoms with Gasteiger partial charge < -0.3 is 10.2 Å². The van der Waals surface area contributed by atoms with Crippen LogP contribution in [0.25, 0.3) is 11.1 Å². The minimum atomic E-state index is 0.601. The molecular formula is C15H21N3O. The van der Waals surface area contributed by atoms with Crippen molar-refractivity contribution in [2.75, 3.05) is 12.3 Å². The number of nitrogen functional groups attached to an aromatic ring is 1. The molecule has 2 heterocycles. The zero-order valence-electron chi connectivity index (χ0n) is 11.6. The molecule has 1 aromatic carbocycles. The number of benzene rings is 1. The van der Waals surface area contributed by atoms with E-state index in [-0.39, 0.29) is 0 Å². The van der Waals surface area contributed by atoms with Gasteiger partial charge in [0.15, 0.2) is 5.58 Å². The molecule has 0 spiro atoms. The largest absolute Gasteiger partial charge is 0.439 e. The molecule has 1 fully saturated rings. The van der Waals surface area contributed by atoms with E-state index in [1.807, 2.05) is 18.2 Å². The highest BCUT2D eigenvalue weighted by Gasteiger charge is 2.24. The van der Waals surface area contributed by atoms with Crippen LogP contribution in [0, 0.1) is 5.92 Å². The van der Waals surface area contributed by atoms with Gasteiger partial charge in [0.05, 0.1) is 12.2 Å². The highest BCUT2D eigenvalue weighted by Crippen LogP contribution is 2.25. The number of anilines is 1. The van der Waals surface area contributed by atoms with E-state index in [2.05, 4.69) is 23.7 Å². The first kappa shape index (κ1) is 12.5. The lowest BCUT2D eigenvalue weighted by Crippen LogP contribution is -2.40. The molecule has 1 saturated heterocycles. The maximum absolute atomic E-state index is 5.92. The van der Waals surface area contributed by atoms with E-state index in [1.165, 1.54) is 12.8 Å². The van der Waals surface area contributed by atoms with Crippen molar-refractivity contribution < 1.29 is 4.42 Å². The zero-order valence-corrected chi connectivity index (χ0v) is 11.6. The minimum absolute atomic E-state index is 0.601. The first-order chi connectivity index (χ1) is 9.13. The summed E-state index contributed by atoms with van der Waals surface area (Å²) in [5, 5.41) is 0. The van der Waals surface area contributed by atoms with Crippen LogP contribution in [0.2, 0.25) is 0 Å². The Morgan fingerprint density at radius 3 is 3.00 bits per heavy atom. The van der Waals surface area contributed by atoms with Gasteiger partial charge in [-0.15, -0.1) is 0 Å². The normalized spacial score (nSPS) is 24.9. The van der Waals surface area contributed by atoms with E-state index < -0.39 is 0 Å². The van der Waals surface area contributed by atoms with Gasteiger partial charge in [-0.2, -0.15) is 0 Å². The van der Waals surface area contributed by atoms with E-state index in [4.69, 9.17) is 10.2 Å². The van der Waals surface area contributed by atoms with Crippen LogP contribution in [0.15, 0.2) is 22.6 Å². The highest BCUT2D eigenvalue weighted by atomic mass is 16.3. The molecule has 0 saturated carbocycles. The van der Waals surface area contributed by atoms with E-state index in [1.54, 1.807) is 0 Å². The summed E-state index contributed by atoms with van der Waals surface area (Å²) in [4.78, 5) is 6.99. The number of piperidine rings is 1. The number of likely N-dealkylation sites (tertiary alicyclic amines) is 1. The van der Waals surface area contributed by atoms with E-state index in [9.17, 15) is 0 Å². The number of rotatable bonds is 2. The molecule has 4 nitrogen and oxygen atoms in total. The Balaban J connectivity index is 1.83. The molecule has 2 N–H and O–H groups in total. The van der Waals surface area contributed by atoms with Gasteiger partial charge in [-0.1, -0.05) is 13.0 Å². The van der Waals surface area contributed by atoms with Crippen molar-refractivity contribution in [2.24, 2.45) is 5.92 Å². The van der Waals surface area contributed by atoms with Gasteiger partial charge >= 0.3 is 0 Å². The number of fused-ring (bicyclic) bond motifs is 1. The average molecular weight is 259 g/mol. The van der Waals surface area contributed by atoms with Gasteiger partial charge in [-0.05, 0) is 37.8 Å². The summed E-state index contributed by atoms with van der Waals surface area (Å²) in [5.41, 5.74) is 8.18. The zero-order chi connectivity index (χ0) is 13.4. The van der Waals surface area contributed by atoms with Gasteiger partial charge in [0.1, 0.15) is 5.52 Å². The Bertz CT molecular complexity index is 578. The van der Waals surface area contributed by atoms with Crippen LogP contribution in [0.3, 0.4) is 0 Å². The molecule has 2 aromatic rings. The van der Waals surface area contributed by atoms with Crippen molar-refractivity contribution in [2.45, 2.75) is 39.3 Å². The number of hydrogen-bond acceptors (Lipinski definition) is 4. The summed E-state index contributed by atoms with van der Waals surface area (Å²) in [6.07, 6.45) is 2.57. The maximum atomic E-state index is 5.92. The second-order valence-electron chi connectivity index (χ2n) is 5.76. The third-order valence-corrected chi connectivity index (χ3v) is 4.08. The lowest BCUT2D eigenvalue weighted by molar-refractivity contribution is 0.107. The average Bonchev–Trinajstić information content (AvgIpc) is 2.78. The van der Waals surface area contributed by atoms with Gasteiger partial charge in [0.25, 0.3) is 0 Å². The minimum Gasteiger partial charge on any atom is -0.439 e. The first-order valence-electron chi connectivity index (χ1n) is 7.01. The second-order valence-corrected chi connectivity index (χ2v) is 5.76. The molecule has 3 rings (SSSR count). The van der Waals surface area contributed by atoms with Crippen molar-refractivity contribution in [3.63, 3.8) is 0 Å². The Morgan fingerprint density at radius 2 is 2.21 bits per heavy atom. The summed E-state index contributed by atoms with van der Waals surface area (Å²) >= 11 is 0. The van der Waals surface area contributed by atoms with Crippen LogP contribution in [-0.4, -0.2) is 22.5 Å². The number of nitrogens with zero attached hydrogens (tertiary/aromatic N) is 2. The van der Waals surface area contributed by atoms with E-state index >= 15 is 0 Å². The fraction of sp³-hybridized carbons (Fsp3) is 0.533. The first-order valence-corrected chi connectivity index (χ1v) is 7.01.